The van der Waals surface area contributed by atoms with Gasteiger partial charge in [0, 0.05) is 58.8 Å². The van der Waals surface area contributed by atoms with Crippen molar-refractivity contribution in [3.05, 3.63) is 212 Å². The molecule has 0 N–H and O–H groups in total. The number of aromatic nitrogens is 2. The van der Waals surface area contributed by atoms with Gasteiger partial charge in [-0.3, -0.25) is 0 Å². The fraction of sp³-hybridized carbons (Fsp3) is 0. The first-order valence-electron chi connectivity index (χ1n) is 19.8. The standard InChI is InChI=1S/C54H35N3S/c1-2-14-38(15-3-1)56-47-22-10-6-18-43(47)53-48(56)23-12-24-49(53)57(50-25-13-27-52-54(50)44-19-7-11-26-51(44)58-52)40-34-30-37(31-35-40)36-28-32-39(33-29-36)55-45-20-8-4-16-41(45)42-17-5-9-21-46(42)55/h1-35H. The third kappa shape index (κ3) is 4.99. The van der Waals surface area contributed by atoms with Crippen LogP contribution in [-0.4, -0.2) is 9.13 Å². The van der Waals surface area contributed by atoms with E-state index in [0.29, 0.717) is 0 Å². The molecule has 0 fully saturated rings. The van der Waals surface area contributed by atoms with Crippen LogP contribution in [0.25, 0.3) is 86.3 Å². The number of hydrogen-bond donors (Lipinski definition) is 0. The molecule has 12 rings (SSSR count). The summed E-state index contributed by atoms with van der Waals surface area (Å²) in [5.41, 5.74) is 12.9. The Hall–Kier alpha value is -7.40. The first-order valence-corrected chi connectivity index (χ1v) is 20.6. The Labute approximate surface area is 339 Å². The smallest absolute Gasteiger partial charge is 0.0562 e. The van der Waals surface area contributed by atoms with Gasteiger partial charge in [0.05, 0.1) is 33.4 Å². The summed E-state index contributed by atoms with van der Waals surface area (Å²) in [5.74, 6) is 0. The van der Waals surface area contributed by atoms with Crippen molar-refractivity contribution in [2.45, 2.75) is 0 Å². The third-order valence-corrected chi connectivity index (χ3v) is 12.9. The summed E-state index contributed by atoms with van der Waals surface area (Å²) in [4.78, 5) is 2.49. The van der Waals surface area contributed by atoms with Gasteiger partial charge in [0.15, 0.2) is 0 Å². The number of anilines is 3. The Morgan fingerprint density at radius 1 is 0.310 bits per heavy atom. The van der Waals surface area contributed by atoms with Crippen molar-refractivity contribution >= 4 is 92.2 Å². The number of fused-ring (bicyclic) bond motifs is 9. The van der Waals surface area contributed by atoms with Crippen LogP contribution in [0.1, 0.15) is 0 Å². The van der Waals surface area contributed by atoms with E-state index in [-0.39, 0.29) is 0 Å². The normalized spacial score (nSPS) is 11.8. The molecule has 3 aromatic heterocycles. The summed E-state index contributed by atoms with van der Waals surface area (Å²) >= 11 is 1.86. The van der Waals surface area contributed by atoms with E-state index in [9.17, 15) is 0 Å². The van der Waals surface area contributed by atoms with Crippen molar-refractivity contribution in [3.63, 3.8) is 0 Å². The number of nitrogens with zero attached hydrogens (tertiary/aromatic N) is 3. The predicted octanol–water partition coefficient (Wildman–Crippen LogP) is 15.4. The van der Waals surface area contributed by atoms with Gasteiger partial charge in [-0.1, -0.05) is 127 Å². The molecule has 0 radical (unpaired) electrons. The number of thiophene rings is 1. The minimum Gasteiger partial charge on any atom is -0.309 e. The zero-order chi connectivity index (χ0) is 38.2. The summed E-state index contributed by atoms with van der Waals surface area (Å²) in [6, 6.07) is 77.4. The maximum absolute atomic E-state index is 2.49. The monoisotopic (exact) mass is 757 g/mol. The fourth-order valence-corrected chi connectivity index (χ4v) is 10.3. The van der Waals surface area contributed by atoms with E-state index in [1.807, 2.05) is 11.3 Å². The highest BCUT2D eigenvalue weighted by Crippen LogP contribution is 2.48. The molecule has 0 bridgehead atoms. The van der Waals surface area contributed by atoms with Gasteiger partial charge in [-0.15, -0.1) is 11.3 Å². The van der Waals surface area contributed by atoms with E-state index in [4.69, 9.17) is 0 Å². The van der Waals surface area contributed by atoms with Gasteiger partial charge in [0.1, 0.15) is 0 Å². The van der Waals surface area contributed by atoms with Crippen molar-refractivity contribution in [1.29, 1.82) is 0 Å². The Balaban J connectivity index is 1.03. The van der Waals surface area contributed by atoms with Gasteiger partial charge in [-0.25, -0.2) is 0 Å². The lowest BCUT2D eigenvalue weighted by Crippen LogP contribution is -2.11. The lowest BCUT2D eigenvalue weighted by Gasteiger charge is -2.27. The van der Waals surface area contributed by atoms with Crippen LogP contribution in [0.4, 0.5) is 17.1 Å². The van der Waals surface area contributed by atoms with Crippen LogP contribution in [0.5, 0.6) is 0 Å². The number of rotatable bonds is 6. The van der Waals surface area contributed by atoms with Gasteiger partial charge in [-0.05, 0) is 96.1 Å². The van der Waals surface area contributed by atoms with E-state index in [1.54, 1.807) is 0 Å². The quantitative estimate of drug-likeness (QED) is 0.165. The van der Waals surface area contributed by atoms with Gasteiger partial charge < -0.3 is 14.0 Å². The highest BCUT2D eigenvalue weighted by atomic mass is 32.1. The van der Waals surface area contributed by atoms with Crippen LogP contribution in [0.15, 0.2) is 212 Å². The molecule has 9 aromatic carbocycles. The van der Waals surface area contributed by atoms with Crippen molar-refractivity contribution in [2.24, 2.45) is 0 Å². The molecule has 0 aliphatic rings. The zero-order valence-corrected chi connectivity index (χ0v) is 32.3. The van der Waals surface area contributed by atoms with Crippen LogP contribution in [-0.2, 0) is 0 Å². The highest BCUT2D eigenvalue weighted by molar-refractivity contribution is 7.26. The van der Waals surface area contributed by atoms with Crippen molar-refractivity contribution in [3.8, 4) is 22.5 Å². The lowest BCUT2D eigenvalue weighted by atomic mass is 10.0. The topological polar surface area (TPSA) is 13.1 Å². The average Bonchev–Trinajstić information content (AvgIpc) is 3.96. The molecule has 0 atom stereocenters. The molecule has 0 amide bonds. The van der Waals surface area contributed by atoms with Crippen LogP contribution >= 0.6 is 11.3 Å². The number of benzene rings is 9. The maximum atomic E-state index is 2.49. The van der Waals surface area contributed by atoms with Crippen molar-refractivity contribution < 1.29 is 0 Å². The van der Waals surface area contributed by atoms with E-state index in [0.717, 1.165) is 22.7 Å². The molecular formula is C54H35N3S. The van der Waals surface area contributed by atoms with Gasteiger partial charge in [0.25, 0.3) is 0 Å². The van der Waals surface area contributed by atoms with E-state index in [1.165, 1.54) is 80.6 Å². The molecular weight excluding hydrogens is 723 g/mol. The Morgan fingerprint density at radius 3 is 1.47 bits per heavy atom. The summed E-state index contributed by atoms with van der Waals surface area (Å²) in [5, 5.41) is 7.55. The first kappa shape index (κ1) is 32.8. The molecule has 0 unspecified atom stereocenters. The minimum atomic E-state index is 1.11. The SMILES string of the molecule is c1ccc(-n2c3ccccc3c3c(N(c4ccc(-c5ccc(-n6c7ccccc7c7ccccc76)cc5)cc4)c4cccc5sc6ccccc6c45)cccc32)cc1. The summed E-state index contributed by atoms with van der Waals surface area (Å²) in [6.45, 7) is 0. The molecule has 0 saturated carbocycles. The van der Waals surface area contributed by atoms with Crippen molar-refractivity contribution in [2.75, 3.05) is 4.90 Å². The Morgan fingerprint density at radius 2 is 0.776 bits per heavy atom. The third-order valence-electron chi connectivity index (χ3n) is 11.7. The van der Waals surface area contributed by atoms with Gasteiger partial charge in [-0.2, -0.15) is 0 Å². The largest absolute Gasteiger partial charge is 0.309 e. The molecule has 0 aliphatic carbocycles. The first-order chi connectivity index (χ1) is 28.8. The van der Waals surface area contributed by atoms with E-state index >= 15 is 0 Å². The van der Waals surface area contributed by atoms with Crippen LogP contribution < -0.4 is 4.90 Å². The molecule has 0 spiro atoms. The van der Waals surface area contributed by atoms with Crippen LogP contribution in [0.2, 0.25) is 0 Å². The number of hydrogen-bond acceptors (Lipinski definition) is 2. The van der Waals surface area contributed by atoms with Crippen LogP contribution in [0.3, 0.4) is 0 Å². The van der Waals surface area contributed by atoms with E-state index in [2.05, 4.69) is 226 Å². The fourth-order valence-electron chi connectivity index (χ4n) is 9.20. The molecule has 4 heteroatoms. The summed E-state index contributed by atoms with van der Waals surface area (Å²) in [6.07, 6.45) is 0. The summed E-state index contributed by atoms with van der Waals surface area (Å²) < 4.78 is 7.35. The number of para-hydroxylation sites is 4. The van der Waals surface area contributed by atoms with Gasteiger partial charge in [0.2, 0.25) is 0 Å². The Kier molecular flexibility index (Phi) is 7.40. The molecule has 12 aromatic rings. The van der Waals surface area contributed by atoms with E-state index < -0.39 is 0 Å². The Bertz CT molecular complexity index is 3440. The maximum Gasteiger partial charge on any atom is 0.0562 e. The predicted molar refractivity (Wildman–Crippen MR) is 248 cm³/mol. The molecule has 58 heavy (non-hydrogen) atoms. The van der Waals surface area contributed by atoms with Crippen LogP contribution in [0, 0.1) is 0 Å². The second-order valence-corrected chi connectivity index (χ2v) is 16.0. The second-order valence-electron chi connectivity index (χ2n) is 14.9. The molecule has 0 aliphatic heterocycles. The lowest BCUT2D eigenvalue weighted by molar-refractivity contribution is 1.18. The summed E-state index contributed by atoms with van der Waals surface area (Å²) in [7, 11) is 0. The molecule has 3 heterocycles. The molecule has 3 nitrogen and oxygen atoms in total. The van der Waals surface area contributed by atoms with Crippen molar-refractivity contribution in [1.82, 2.24) is 9.13 Å². The minimum absolute atomic E-state index is 1.11. The molecule has 0 saturated heterocycles. The second kappa shape index (κ2) is 13.1. The zero-order valence-electron chi connectivity index (χ0n) is 31.5. The van der Waals surface area contributed by atoms with Gasteiger partial charge >= 0.3 is 0 Å². The highest BCUT2D eigenvalue weighted by Gasteiger charge is 2.23. The molecule has 272 valence electrons. The average molecular weight is 758 g/mol.